The Kier molecular flexibility index (Phi) is 3.21. The van der Waals surface area contributed by atoms with Gasteiger partial charge in [-0.2, -0.15) is 0 Å². The summed E-state index contributed by atoms with van der Waals surface area (Å²) in [4.78, 5) is 0. The quantitative estimate of drug-likeness (QED) is 0.784. The van der Waals surface area contributed by atoms with Gasteiger partial charge in [0.05, 0.1) is 6.20 Å². The van der Waals surface area contributed by atoms with Gasteiger partial charge in [-0.05, 0) is 24.4 Å². The topological polar surface area (TPSA) is 49.8 Å². The van der Waals surface area contributed by atoms with E-state index in [4.69, 9.17) is 12.2 Å². The van der Waals surface area contributed by atoms with Crippen LogP contribution in [0.4, 0.5) is 10.7 Å². The minimum absolute atomic E-state index is 0.534. The zero-order valence-electron chi connectivity index (χ0n) is 7.68. The number of anilines is 2. The van der Waals surface area contributed by atoms with Gasteiger partial charge in [0.2, 0.25) is 0 Å². The third kappa shape index (κ3) is 2.97. The molecule has 0 saturated heterocycles. The van der Waals surface area contributed by atoms with Gasteiger partial charge in [-0.25, -0.2) is 0 Å². The van der Waals surface area contributed by atoms with Crippen LogP contribution in [0.3, 0.4) is 0 Å². The van der Waals surface area contributed by atoms with Crippen LogP contribution in [0.5, 0.6) is 0 Å². The van der Waals surface area contributed by atoms with E-state index in [-0.39, 0.29) is 0 Å². The largest absolute Gasteiger partial charge is 0.332 e. The van der Waals surface area contributed by atoms with Crippen molar-refractivity contribution < 1.29 is 0 Å². The zero-order chi connectivity index (χ0) is 10.5. The molecule has 15 heavy (non-hydrogen) atoms. The first-order valence-electron chi connectivity index (χ1n) is 4.25. The van der Waals surface area contributed by atoms with E-state index in [0.29, 0.717) is 5.11 Å². The Hall–Kier alpha value is -1.53. The van der Waals surface area contributed by atoms with Crippen molar-refractivity contribution >= 4 is 39.6 Å². The predicted molar refractivity (Wildman–Crippen MR) is 66.2 cm³/mol. The van der Waals surface area contributed by atoms with E-state index in [0.717, 1.165) is 10.7 Å². The van der Waals surface area contributed by atoms with Gasteiger partial charge in [0.15, 0.2) is 5.11 Å². The Labute approximate surface area is 96.5 Å². The van der Waals surface area contributed by atoms with Crippen molar-refractivity contribution in [3.8, 4) is 0 Å². The summed E-state index contributed by atoms with van der Waals surface area (Å²) in [5, 5.41) is 11.1. The molecule has 0 unspecified atom stereocenters. The average Bonchev–Trinajstić information content (AvgIpc) is 2.71. The van der Waals surface area contributed by atoms with Crippen molar-refractivity contribution in [3.63, 3.8) is 0 Å². The molecule has 76 valence electrons. The second kappa shape index (κ2) is 4.81. The number of para-hydroxylation sites is 1. The third-order valence-corrected chi connectivity index (χ3v) is 2.41. The molecule has 0 fully saturated rings. The highest BCUT2D eigenvalue weighted by atomic mass is 32.1. The van der Waals surface area contributed by atoms with Gasteiger partial charge >= 0.3 is 0 Å². The van der Waals surface area contributed by atoms with Crippen molar-refractivity contribution in [2.75, 3.05) is 10.6 Å². The van der Waals surface area contributed by atoms with E-state index in [1.807, 2.05) is 30.3 Å². The lowest BCUT2D eigenvalue weighted by molar-refractivity contribution is 1.16. The molecular formula is C9H8N4S2. The van der Waals surface area contributed by atoms with Crippen LogP contribution in [0, 0.1) is 0 Å². The number of nitrogens with one attached hydrogen (secondary N) is 2. The number of thiocarbonyl (C=S) groups is 1. The maximum atomic E-state index is 5.11. The monoisotopic (exact) mass is 236 g/mol. The van der Waals surface area contributed by atoms with E-state index in [1.165, 1.54) is 11.5 Å². The van der Waals surface area contributed by atoms with E-state index < -0.39 is 0 Å². The molecular weight excluding hydrogens is 228 g/mol. The van der Waals surface area contributed by atoms with Crippen molar-refractivity contribution in [2.45, 2.75) is 0 Å². The first-order chi connectivity index (χ1) is 7.34. The first-order valence-corrected chi connectivity index (χ1v) is 5.43. The normalized spacial score (nSPS) is 9.60. The Morgan fingerprint density at radius 3 is 2.67 bits per heavy atom. The second-order valence-corrected chi connectivity index (χ2v) is 3.92. The molecule has 2 aromatic rings. The minimum atomic E-state index is 0.534. The van der Waals surface area contributed by atoms with Gasteiger partial charge in [-0.3, -0.25) is 0 Å². The van der Waals surface area contributed by atoms with Gasteiger partial charge in [0, 0.05) is 17.2 Å². The molecule has 0 aliphatic heterocycles. The number of hydrogen-bond acceptors (Lipinski definition) is 4. The van der Waals surface area contributed by atoms with E-state index in [9.17, 15) is 0 Å². The predicted octanol–water partition coefficient (Wildman–Crippen LogP) is 2.35. The van der Waals surface area contributed by atoms with E-state index in [2.05, 4.69) is 20.2 Å². The lowest BCUT2D eigenvalue weighted by atomic mass is 10.3. The molecule has 1 aromatic carbocycles. The van der Waals surface area contributed by atoms with Crippen LogP contribution >= 0.6 is 23.8 Å². The van der Waals surface area contributed by atoms with Crippen molar-refractivity contribution in [3.05, 3.63) is 36.5 Å². The molecule has 1 aromatic heterocycles. The molecule has 0 atom stereocenters. The number of benzene rings is 1. The molecule has 0 aliphatic rings. The molecule has 0 spiro atoms. The van der Waals surface area contributed by atoms with Gasteiger partial charge in [-0.1, -0.05) is 22.7 Å². The van der Waals surface area contributed by atoms with Crippen molar-refractivity contribution in [1.82, 2.24) is 9.59 Å². The summed E-state index contributed by atoms with van der Waals surface area (Å²) in [5.41, 5.74) is 0.951. The van der Waals surface area contributed by atoms with E-state index >= 15 is 0 Å². The van der Waals surface area contributed by atoms with Crippen LogP contribution in [0.1, 0.15) is 0 Å². The Bertz CT molecular complexity index is 427. The van der Waals surface area contributed by atoms with Crippen LogP contribution in [-0.2, 0) is 0 Å². The number of rotatable bonds is 2. The Morgan fingerprint density at radius 2 is 2.00 bits per heavy atom. The van der Waals surface area contributed by atoms with Crippen LogP contribution < -0.4 is 10.6 Å². The molecule has 0 saturated carbocycles. The number of aromatic nitrogens is 2. The van der Waals surface area contributed by atoms with Gasteiger partial charge in [-0.15, -0.1) is 5.10 Å². The highest BCUT2D eigenvalue weighted by Crippen LogP contribution is 2.11. The van der Waals surface area contributed by atoms with Crippen LogP contribution in [0.25, 0.3) is 0 Å². The molecule has 0 radical (unpaired) electrons. The number of nitrogens with zero attached hydrogens (tertiary/aromatic N) is 2. The average molecular weight is 236 g/mol. The molecule has 0 aliphatic carbocycles. The maximum absolute atomic E-state index is 5.11. The lowest BCUT2D eigenvalue weighted by Gasteiger charge is -2.07. The first kappa shape index (κ1) is 10.0. The zero-order valence-corrected chi connectivity index (χ0v) is 9.31. The molecule has 2 rings (SSSR count). The molecule has 6 heteroatoms. The smallest absolute Gasteiger partial charge is 0.175 e. The molecule has 1 heterocycles. The van der Waals surface area contributed by atoms with Crippen LogP contribution in [-0.4, -0.2) is 14.7 Å². The van der Waals surface area contributed by atoms with Crippen molar-refractivity contribution in [2.24, 2.45) is 0 Å². The summed E-state index contributed by atoms with van der Waals surface area (Å²) in [6.45, 7) is 0. The second-order valence-electron chi connectivity index (χ2n) is 2.73. The summed E-state index contributed by atoms with van der Waals surface area (Å²) in [6.07, 6.45) is 1.63. The fraction of sp³-hybridized carbons (Fsp3) is 0. The summed E-state index contributed by atoms with van der Waals surface area (Å²) < 4.78 is 3.72. The fourth-order valence-electron chi connectivity index (χ4n) is 1.02. The summed E-state index contributed by atoms with van der Waals surface area (Å²) in [6, 6.07) is 9.73. The molecule has 4 nitrogen and oxygen atoms in total. The van der Waals surface area contributed by atoms with Gasteiger partial charge in [0.1, 0.15) is 5.00 Å². The summed E-state index contributed by atoms with van der Waals surface area (Å²) in [7, 11) is 0. The minimum Gasteiger partial charge on any atom is -0.332 e. The third-order valence-electron chi connectivity index (χ3n) is 1.63. The SMILES string of the molecule is S=C(Nc1ccccc1)Nc1cnns1. The van der Waals surface area contributed by atoms with Gasteiger partial charge < -0.3 is 10.6 Å². The fourth-order valence-corrected chi connectivity index (χ4v) is 1.73. The lowest BCUT2D eigenvalue weighted by Crippen LogP contribution is -2.18. The molecule has 0 bridgehead atoms. The highest BCUT2D eigenvalue weighted by molar-refractivity contribution is 7.80. The Morgan fingerprint density at radius 1 is 1.20 bits per heavy atom. The molecule has 2 N–H and O–H groups in total. The van der Waals surface area contributed by atoms with Crippen LogP contribution in [0.2, 0.25) is 0 Å². The molecule has 0 amide bonds. The standard InChI is InChI=1S/C9H8N4S2/c14-9(12-8-6-10-13-15-8)11-7-4-2-1-3-5-7/h1-6H,(H2,11,12,14). The summed E-state index contributed by atoms with van der Waals surface area (Å²) >= 11 is 6.37. The summed E-state index contributed by atoms with van der Waals surface area (Å²) in [5.74, 6) is 0. The Balaban J connectivity index is 1.94. The van der Waals surface area contributed by atoms with Crippen LogP contribution in [0.15, 0.2) is 36.5 Å². The highest BCUT2D eigenvalue weighted by Gasteiger charge is 1.99. The van der Waals surface area contributed by atoms with E-state index in [1.54, 1.807) is 6.20 Å². The van der Waals surface area contributed by atoms with Gasteiger partial charge in [0.25, 0.3) is 0 Å². The number of hydrogen-bond donors (Lipinski definition) is 2. The van der Waals surface area contributed by atoms with Crippen molar-refractivity contribution in [1.29, 1.82) is 0 Å². The maximum Gasteiger partial charge on any atom is 0.175 e.